The molecule has 0 bridgehead atoms. The van der Waals surface area contributed by atoms with Gasteiger partial charge < -0.3 is 9.64 Å². The highest BCUT2D eigenvalue weighted by Crippen LogP contribution is 2.32. The molecule has 0 aliphatic carbocycles. The van der Waals surface area contributed by atoms with Crippen LogP contribution in [-0.2, 0) is 4.74 Å². The van der Waals surface area contributed by atoms with E-state index < -0.39 is 5.97 Å². The molecule has 1 fully saturated rings. The molecule has 0 saturated carbocycles. The fraction of sp³-hybridized carbons (Fsp3) is 0.600. The summed E-state index contributed by atoms with van der Waals surface area (Å²) in [6.45, 7) is 3.26. The number of carbonyl (C=O) groups is 1. The van der Waals surface area contributed by atoms with E-state index in [2.05, 4.69) is 51.4 Å². The predicted octanol–water partition coefficient (Wildman–Crippen LogP) is 2.59. The van der Waals surface area contributed by atoms with Gasteiger partial charge in [-0.25, -0.2) is 19.4 Å². The monoisotopic (exact) mass is 461 g/mol. The summed E-state index contributed by atoms with van der Waals surface area (Å²) in [7, 11) is 3.48. The SMILES string of the molecule is COC(=O)c1nc(SC)c2c(I)nn([C@@H](C)[C@@H]3CCCN3C)c2n1. The summed E-state index contributed by atoms with van der Waals surface area (Å²) in [5.74, 6) is -0.445. The highest BCUT2D eigenvalue weighted by Gasteiger charge is 2.31. The normalized spacial score (nSPS) is 19.8. The number of esters is 1. The molecule has 1 aliphatic rings. The summed E-state index contributed by atoms with van der Waals surface area (Å²) in [6.07, 6.45) is 4.27. The van der Waals surface area contributed by atoms with Crippen LogP contribution in [0.1, 0.15) is 36.4 Å². The predicted molar refractivity (Wildman–Crippen MR) is 102 cm³/mol. The molecule has 0 amide bonds. The van der Waals surface area contributed by atoms with Gasteiger partial charge >= 0.3 is 5.97 Å². The second-order valence-electron chi connectivity index (χ2n) is 5.91. The molecular weight excluding hydrogens is 441 g/mol. The molecule has 2 aromatic heterocycles. The Labute approximate surface area is 158 Å². The number of fused-ring (bicyclic) bond motifs is 1. The molecule has 0 aromatic carbocycles. The van der Waals surface area contributed by atoms with E-state index in [-0.39, 0.29) is 11.9 Å². The number of nitrogens with zero attached hydrogens (tertiary/aromatic N) is 5. The summed E-state index contributed by atoms with van der Waals surface area (Å²) in [6, 6.07) is 0.580. The molecule has 0 radical (unpaired) electrons. The lowest BCUT2D eigenvalue weighted by atomic mass is 10.1. The number of hydrogen-bond acceptors (Lipinski definition) is 7. The van der Waals surface area contributed by atoms with Gasteiger partial charge in [0.25, 0.3) is 0 Å². The largest absolute Gasteiger partial charge is 0.463 e. The van der Waals surface area contributed by atoms with Gasteiger partial charge in [0.05, 0.1) is 18.5 Å². The van der Waals surface area contributed by atoms with Crippen LogP contribution in [0.4, 0.5) is 0 Å². The Morgan fingerprint density at radius 2 is 2.21 bits per heavy atom. The van der Waals surface area contributed by atoms with Gasteiger partial charge in [-0.1, -0.05) is 0 Å². The molecule has 0 unspecified atom stereocenters. The molecule has 9 heteroatoms. The summed E-state index contributed by atoms with van der Waals surface area (Å²) in [5, 5.41) is 6.37. The van der Waals surface area contributed by atoms with Crippen LogP contribution < -0.4 is 0 Å². The maximum atomic E-state index is 11.9. The van der Waals surface area contributed by atoms with E-state index in [1.54, 1.807) is 0 Å². The minimum absolute atomic E-state index is 0.0823. The van der Waals surface area contributed by atoms with Crippen LogP contribution >= 0.6 is 34.4 Å². The summed E-state index contributed by atoms with van der Waals surface area (Å²) < 4.78 is 7.59. The Hall–Kier alpha value is -0.940. The Kier molecular flexibility index (Phi) is 5.30. The quantitative estimate of drug-likeness (QED) is 0.300. The number of likely N-dealkylation sites (N-methyl/N-ethyl adjacent to an activating group) is 1. The van der Waals surface area contributed by atoms with E-state index in [1.807, 2.05) is 10.9 Å². The minimum atomic E-state index is -0.527. The van der Waals surface area contributed by atoms with Crippen molar-refractivity contribution in [3.63, 3.8) is 0 Å². The lowest BCUT2D eigenvalue weighted by Crippen LogP contribution is -2.33. The van der Waals surface area contributed by atoms with Crippen molar-refractivity contribution in [1.29, 1.82) is 0 Å². The van der Waals surface area contributed by atoms with Crippen LogP contribution in [-0.4, -0.2) is 63.6 Å². The highest BCUT2D eigenvalue weighted by atomic mass is 127. The second kappa shape index (κ2) is 7.12. The molecule has 3 rings (SSSR count). The molecule has 1 aliphatic heterocycles. The van der Waals surface area contributed by atoms with Crippen LogP contribution in [0.15, 0.2) is 5.03 Å². The topological polar surface area (TPSA) is 73.1 Å². The van der Waals surface area contributed by atoms with E-state index >= 15 is 0 Å². The molecule has 130 valence electrons. The molecule has 3 heterocycles. The number of hydrogen-bond donors (Lipinski definition) is 0. The van der Waals surface area contributed by atoms with Crippen molar-refractivity contribution in [2.24, 2.45) is 0 Å². The fourth-order valence-electron chi connectivity index (χ4n) is 3.29. The molecule has 7 nitrogen and oxygen atoms in total. The lowest BCUT2D eigenvalue weighted by molar-refractivity contribution is 0.0586. The van der Waals surface area contributed by atoms with E-state index in [9.17, 15) is 4.79 Å². The van der Waals surface area contributed by atoms with Gasteiger partial charge in [0.15, 0.2) is 5.65 Å². The first-order valence-corrected chi connectivity index (χ1v) is 10.1. The van der Waals surface area contributed by atoms with Crippen LogP contribution in [0.3, 0.4) is 0 Å². The van der Waals surface area contributed by atoms with Crippen molar-refractivity contribution in [2.75, 3.05) is 27.0 Å². The van der Waals surface area contributed by atoms with Gasteiger partial charge in [0, 0.05) is 6.04 Å². The number of rotatable bonds is 4. The first-order chi connectivity index (χ1) is 11.5. The Morgan fingerprint density at radius 1 is 1.46 bits per heavy atom. The third-order valence-electron chi connectivity index (χ3n) is 4.56. The molecule has 24 heavy (non-hydrogen) atoms. The summed E-state index contributed by atoms with van der Waals surface area (Å²) in [4.78, 5) is 23.1. The number of carbonyl (C=O) groups excluding carboxylic acids is 1. The van der Waals surface area contributed by atoms with Crippen LogP contribution in [0.5, 0.6) is 0 Å². The molecule has 2 atom stereocenters. The van der Waals surface area contributed by atoms with Crippen molar-refractivity contribution in [2.45, 2.75) is 36.9 Å². The standard InChI is InChI=1S/C15H20IN5O2S/c1-8(9-6-5-7-20(9)2)21-13-10(11(16)19-21)14(24-4)18-12(17-13)15(22)23-3/h8-9H,5-7H2,1-4H3/t8-,9-/m0/s1. The summed E-state index contributed by atoms with van der Waals surface area (Å²) in [5.41, 5.74) is 0.701. The van der Waals surface area contributed by atoms with E-state index in [4.69, 9.17) is 9.84 Å². The van der Waals surface area contributed by atoms with Crippen molar-refractivity contribution in [1.82, 2.24) is 24.6 Å². The molecule has 0 N–H and O–H groups in total. The molecule has 2 aromatic rings. The zero-order valence-electron chi connectivity index (χ0n) is 14.1. The van der Waals surface area contributed by atoms with Gasteiger partial charge in [-0.05, 0) is 62.2 Å². The average molecular weight is 461 g/mol. The zero-order chi connectivity index (χ0) is 17.4. The highest BCUT2D eigenvalue weighted by molar-refractivity contribution is 14.1. The molecule has 1 saturated heterocycles. The third kappa shape index (κ3) is 3.01. The van der Waals surface area contributed by atoms with Crippen LogP contribution in [0.25, 0.3) is 11.0 Å². The van der Waals surface area contributed by atoms with Gasteiger partial charge in [0.1, 0.15) is 8.73 Å². The first kappa shape index (κ1) is 17.9. The minimum Gasteiger partial charge on any atom is -0.463 e. The van der Waals surface area contributed by atoms with Gasteiger partial charge in [-0.15, -0.1) is 11.8 Å². The smallest absolute Gasteiger partial charge is 0.376 e. The average Bonchev–Trinajstić information content (AvgIpc) is 3.16. The Balaban J connectivity index is 2.16. The van der Waals surface area contributed by atoms with Crippen molar-refractivity contribution < 1.29 is 9.53 Å². The first-order valence-electron chi connectivity index (χ1n) is 7.76. The third-order valence-corrected chi connectivity index (χ3v) is 5.99. The number of likely N-dealkylation sites (tertiary alicyclic amines) is 1. The maximum absolute atomic E-state index is 11.9. The van der Waals surface area contributed by atoms with Crippen LogP contribution in [0.2, 0.25) is 0 Å². The Morgan fingerprint density at radius 3 is 2.79 bits per heavy atom. The van der Waals surface area contributed by atoms with Gasteiger partial charge in [-0.2, -0.15) is 5.10 Å². The summed E-state index contributed by atoms with van der Waals surface area (Å²) >= 11 is 3.70. The van der Waals surface area contributed by atoms with E-state index in [1.165, 1.54) is 25.3 Å². The number of ether oxygens (including phenoxy) is 1. The van der Waals surface area contributed by atoms with Crippen molar-refractivity contribution >= 4 is 51.4 Å². The van der Waals surface area contributed by atoms with Crippen molar-refractivity contribution in [3.8, 4) is 0 Å². The zero-order valence-corrected chi connectivity index (χ0v) is 17.1. The number of thioether (sulfide) groups is 1. The second-order valence-corrected chi connectivity index (χ2v) is 7.73. The van der Waals surface area contributed by atoms with E-state index in [0.717, 1.165) is 27.1 Å². The van der Waals surface area contributed by atoms with Gasteiger partial charge in [0.2, 0.25) is 5.82 Å². The lowest BCUT2D eigenvalue weighted by Gasteiger charge is -2.26. The maximum Gasteiger partial charge on any atom is 0.376 e. The number of halogens is 1. The molecular formula is C15H20IN5O2S. The fourth-order valence-corrected chi connectivity index (χ4v) is 4.77. The number of aromatic nitrogens is 4. The van der Waals surface area contributed by atoms with Gasteiger partial charge in [-0.3, -0.25) is 0 Å². The number of methoxy groups -OCH3 is 1. The Bertz CT molecular complexity index is 781. The van der Waals surface area contributed by atoms with Crippen molar-refractivity contribution in [3.05, 3.63) is 9.53 Å². The molecule has 0 spiro atoms. The van der Waals surface area contributed by atoms with Crippen LogP contribution in [0, 0.1) is 3.70 Å². The van der Waals surface area contributed by atoms with E-state index in [0.29, 0.717) is 11.7 Å².